The molecule has 0 bridgehead atoms. The molecule has 0 saturated carbocycles. The minimum Gasteiger partial charge on any atom is -0.337 e. The maximum atomic E-state index is 12.8. The molecule has 1 unspecified atom stereocenters. The molecule has 0 radical (unpaired) electrons. The lowest BCUT2D eigenvalue weighted by Gasteiger charge is -2.22. The summed E-state index contributed by atoms with van der Waals surface area (Å²) in [7, 11) is 0. The Balaban J connectivity index is 2.09. The minimum atomic E-state index is -4.66. The second-order valence-corrected chi connectivity index (χ2v) is 6.31. The van der Waals surface area contributed by atoms with Gasteiger partial charge in [0, 0.05) is 9.37 Å². The lowest BCUT2D eigenvalue weighted by molar-refractivity contribution is -0.190. The molecule has 1 aromatic heterocycles. The van der Waals surface area contributed by atoms with Gasteiger partial charge in [0.2, 0.25) is 0 Å². The van der Waals surface area contributed by atoms with Gasteiger partial charge in [0.1, 0.15) is 0 Å². The van der Waals surface area contributed by atoms with E-state index >= 15 is 0 Å². The molecule has 9 heteroatoms. The van der Waals surface area contributed by atoms with Gasteiger partial charge in [-0.2, -0.15) is 18.2 Å². The number of nitrogens with zero attached hydrogens (tertiary/aromatic N) is 2. The number of aromatic nitrogens is 2. The van der Waals surface area contributed by atoms with Crippen LogP contribution in [0.15, 0.2) is 38.2 Å². The Hall–Kier alpha value is -1.06. The maximum Gasteiger partial charge on any atom is 0.415 e. The van der Waals surface area contributed by atoms with Crippen molar-refractivity contribution < 1.29 is 17.7 Å². The molecule has 0 fully saturated rings. The Bertz CT molecular complexity index is 630. The molecule has 21 heavy (non-hydrogen) atoms. The third-order valence-electron chi connectivity index (χ3n) is 2.69. The standard InChI is InChI=1S/C12H11BrF3N3OS/c1-11(17,12(14,15)16)10-18-9(19-20-10)6-21-8-5-3-2-4-7(8)13/h2-5H,6,17H2,1H3. The number of rotatable bonds is 4. The number of thioether (sulfide) groups is 1. The zero-order valence-corrected chi connectivity index (χ0v) is 13.2. The second-order valence-electron chi connectivity index (χ2n) is 4.43. The highest BCUT2D eigenvalue weighted by molar-refractivity contribution is 9.10. The highest BCUT2D eigenvalue weighted by atomic mass is 79.9. The van der Waals surface area contributed by atoms with Gasteiger partial charge in [0.15, 0.2) is 11.4 Å². The Morgan fingerprint density at radius 3 is 2.62 bits per heavy atom. The van der Waals surface area contributed by atoms with Crippen molar-refractivity contribution in [3.63, 3.8) is 0 Å². The predicted octanol–water partition coefficient (Wildman–Crippen LogP) is 3.86. The molecule has 2 rings (SSSR count). The van der Waals surface area contributed by atoms with Crippen LogP contribution in [0.2, 0.25) is 0 Å². The Labute approximate surface area is 131 Å². The lowest BCUT2D eigenvalue weighted by Crippen LogP contribution is -2.48. The van der Waals surface area contributed by atoms with Crippen LogP contribution < -0.4 is 5.73 Å². The number of hydrogen-bond acceptors (Lipinski definition) is 5. The molecular weight excluding hydrogens is 371 g/mol. The molecule has 1 atom stereocenters. The molecule has 1 heterocycles. The first-order valence-corrected chi connectivity index (χ1v) is 7.55. The van der Waals surface area contributed by atoms with Crippen molar-refractivity contribution >= 4 is 27.7 Å². The van der Waals surface area contributed by atoms with Gasteiger partial charge in [-0.15, -0.1) is 11.8 Å². The highest BCUT2D eigenvalue weighted by Gasteiger charge is 2.53. The number of nitrogens with two attached hydrogens (primary N) is 1. The average molecular weight is 382 g/mol. The largest absolute Gasteiger partial charge is 0.415 e. The smallest absolute Gasteiger partial charge is 0.337 e. The maximum absolute atomic E-state index is 12.8. The van der Waals surface area contributed by atoms with Gasteiger partial charge in [-0.3, -0.25) is 0 Å². The van der Waals surface area contributed by atoms with Crippen LogP contribution in [0.3, 0.4) is 0 Å². The number of hydrogen-bond donors (Lipinski definition) is 1. The normalized spacial score (nSPS) is 15.0. The fraction of sp³-hybridized carbons (Fsp3) is 0.333. The molecule has 4 nitrogen and oxygen atoms in total. The first-order valence-electron chi connectivity index (χ1n) is 5.78. The van der Waals surface area contributed by atoms with E-state index in [0.29, 0.717) is 0 Å². The molecular formula is C12H11BrF3N3OS. The average Bonchev–Trinajstić information content (AvgIpc) is 2.86. The SMILES string of the molecule is CC(N)(c1nc(CSc2ccccc2Br)no1)C(F)(F)F. The molecule has 114 valence electrons. The molecule has 2 N–H and O–H groups in total. The minimum absolute atomic E-state index is 0.159. The lowest BCUT2D eigenvalue weighted by atomic mass is 10.0. The van der Waals surface area contributed by atoms with Crippen LogP contribution in [0, 0.1) is 0 Å². The van der Waals surface area contributed by atoms with E-state index in [2.05, 4.69) is 30.6 Å². The van der Waals surface area contributed by atoms with E-state index in [1.807, 2.05) is 24.3 Å². The fourth-order valence-corrected chi connectivity index (χ4v) is 2.76. The molecule has 0 aliphatic rings. The predicted molar refractivity (Wildman–Crippen MR) is 75.6 cm³/mol. The van der Waals surface area contributed by atoms with Crippen LogP contribution in [0.25, 0.3) is 0 Å². The van der Waals surface area contributed by atoms with Crippen molar-refractivity contribution in [2.45, 2.75) is 29.3 Å². The molecule has 0 spiro atoms. The quantitative estimate of drug-likeness (QED) is 0.814. The highest BCUT2D eigenvalue weighted by Crippen LogP contribution is 2.36. The summed E-state index contributed by atoms with van der Waals surface area (Å²) in [6, 6.07) is 7.46. The van der Waals surface area contributed by atoms with E-state index in [0.717, 1.165) is 16.3 Å². The van der Waals surface area contributed by atoms with E-state index in [-0.39, 0.29) is 11.6 Å². The molecule has 0 saturated heterocycles. The van der Waals surface area contributed by atoms with E-state index in [4.69, 9.17) is 5.73 Å². The zero-order chi connectivity index (χ0) is 15.7. The molecule has 0 amide bonds. The first-order chi connectivity index (χ1) is 9.72. The van der Waals surface area contributed by atoms with Gasteiger partial charge in [0.05, 0.1) is 5.75 Å². The summed E-state index contributed by atoms with van der Waals surface area (Å²) < 4.78 is 43.8. The van der Waals surface area contributed by atoms with Gasteiger partial charge in [0.25, 0.3) is 5.89 Å². The summed E-state index contributed by atoms with van der Waals surface area (Å²) in [6.45, 7) is 0.797. The first kappa shape index (κ1) is 16.3. The van der Waals surface area contributed by atoms with Crippen LogP contribution in [0.5, 0.6) is 0 Å². The van der Waals surface area contributed by atoms with Crippen LogP contribution in [0.4, 0.5) is 13.2 Å². The van der Waals surface area contributed by atoms with Gasteiger partial charge in [-0.25, -0.2) is 0 Å². The topological polar surface area (TPSA) is 64.9 Å². The van der Waals surface area contributed by atoms with Crippen LogP contribution in [-0.4, -0.2) is 16.3 Å². The summed E-state index contributed by atoms with van der Waals surface area (Å²) >= 11 is 4.76. The van der Waals surface area contributed by atoms with Gasteiger partial charge in [-0.05, 0) is 35.0 Å². The third-order valence-corrected chi connectivity index (χ3v) is 4.72. The molecule has 1 aromatic carbocycles. The van der Waals surface area contributed by atoms with E-state index in [1.165, 1.54) is 11.8 Å². The summed E-state index contributed by atoms with van der Waals surface area (Å²) in [5.74, 6) is -0.204. The van der Waals surface area contributed by atoms with Crippen LogP contribution in [0.1, 0.15) is 18.6 Å². The summed E-state index contributed by atoms with van der Waals surface area (Å²) in [6.07, 6.45) is -4.66. The van der Waals surface area contributed by atoms with Gasteiger partial charge in [-0.1, -0.05) is 17.3 Å². The molecule has 2 aromatic rings. The number of halogens is 4. The van der Waals surface area contributed by atoms with Crippen molar-refractivity contribution in [1.29, 1.82) is 0 Å². The van der Waals surface area contributed by atoms with Gasteiger partial charge < -0.3 is 10.3 Å². The van der Waals surface area contributed by atoms with E-state index < -0.39 is 17.6 Å². The Kier molecular flexibility index (Phi) is 4.64. The van der Waals surface area contributed by atoms with E-state index in [1.54, 1.807) is 0 Å². The number of benzene rings is 1. The van der Waals surface area contributed by atoms with Gasteiger partial charge >= 0.3 is 6.18 Å². The summed E-state index contributed by atoms with van der Waals surface area (Å²) in [5, 5.41) is 3.54. The van der Waals surface area contributed by atoms with Crippen LogP contribution in [-0.2, 0) is 11.3 Å². The third kappa shape index (κ3) is 3.58. The fourth-order valence-electron chi connectivity index (χ4n) is 1.35. The zero-order valence-electron chi connectivity index (χ0n) is 10.8. The Morgan fingerprint density at radius 2 is 2.00 bits per heavy atom. The van der Waals surface area contributed by atoms with Crippen molar-refractivity contribution in [3.05, 3.63) is 40.5 Å². The summed E-state index contributed by atoms with van der Waals surface area (Å²) in [4.78, 5) is 4.66. The molecule has 0 aliphatic heterocycles. The van der Waals surface area contributed by atoms with Crippen molar-refractivity contribution in [1.82, 2.24) is 10.1 Å². The van der Waals surface area contributed by atoms with Crippen LogP contribution >= 0.6 is 27.7 Å². The number of alkyl halides is 3. The second kappa shape index (κ2) is 5.98. The van der Waals surface area contributed by atoms with Crippen molar-refractivity contribution in [2.24, 2.45) is 5.73 Å². The van der Waals surface area contributed by atoms with Crippen molar-refractivity contribution in [3.8, 4) is 0 Å². The summed E-state index contributed by atoms with van der Waals surface area (Å²) in [5.41, 5.74) is 2.57. The van der Waals surface area contributed by atoms with E-state index in [9.17, 15) is 13.2 Å². The molecule has 0 aliphatic carbocycles. The van der Waals surface area contributed by atoms with Crippen molar-refractivity contribution in [2.75, 3.05) is 0 Å². The Morgan fingerprint density at radius 1 is 1.33 bits per heavy atom. The monoisotopic (exact) mass is 381 g/mol.